The minimum Gasteiger partial charge on any atom is -0.486 e. The van der Waals surface area contributed by atoms with Gasteiger partial charge in [0.15, 0.2) is 6.61 Å². The Morgan fingerprint density at radius 1 is 1.00 bits per heavy atom. The van der Waals surface area contributed by atoms with Crippen LogP contribution in [-0.2, 0) is 16.1 Å². The minimum atomic E-state index is -0.756. The van der Waals surface area contributed by atoms with E-state index in [4.69, 9.17) is 13.9 Å². The molecule has 0 radical (unpaired) electrons. The minimum absolute atomic E-state index is 0.0401. The number of rotatable bonds is 7. The van der Waals surface area contributed by atoms with Gasteiger partial charge in [0.05, 0.1) is 0 Å². The van der Waals surface area contributed by atoms with Crippen LogP contribution in [0.2, 0.25) is 0 Å². The molecule has 0 fully saturated rings. The molecule has 1 N–H and O–H groups in total. The summed E-state index contributed by atoms with van der Waals surface area (Å²) in [5.41, 5.74) is 2.80. The highest BCUT2D eigenvalue weighted by Gasteiger charge is 2.15. The second kappa shape index (κ2) is 9.05. The van der Waals surface area contributed by atoms with Gasteiger partial charge >= 0.3 is 5.97 Å². The molecule has 6 nitrogen and oxygen atoms in total. The highest BCUT2D eigenvalue weighted by atomic mass is 19.1. The van der Waals surface area contributed by atoms with E-state index in [1.165, 1.54) is 30.3 Å². The molecular weight excluding hydrogens is 377 g/mol. The zero-order chi connectivity index (χ0) is 20.8. The van der Waals surface area contributed by atoms with Crippen molar-refractivity contribution in [1.29, 1.82) is 0 Å². The molecule has 0 saturated carbocycles. The SMILES string of the molecule is Cc1ccc(NC(=O)COC(=O)c2ccc(COc3ccc(F)cc3)o2)cc1C. The van der Waals surface area contributed by atoms with Gasteiger partial charge in [-0.15, -0.1) is 0 Å². The van der Waals surface area contributed by atoms with Crippen LogP contribution in [0.1, 0.15) is 27.4 Å². The molecular formula is C22H20FNO5. The van der Waals surface area contributed by atoms with E-state index in [1.54, 1.807) is 12.1 Å². The van der Waals surface area contributed by atoms with Gasteiger partial charge < -0.3 is 19.2 Å². The van der Waals surface area contributed by atoms with E-state index in [2.05, 4.69) is 5.32 Å². The van der Waals surface area contributed by atoms with Crippen molar-refractivity contribution in [1.82, 2.24) is 0 Å². The predicted octanol–water partition coefficient (Wildman–Crippen LogP) is 4.41. The summed E-state index contributed by atoms with van der Waals surface area (Å²) in [4.78, 5) is 24.0. The van der Waals surface area contributed by atoms with Gasteiger partial charge in [0.2, 0.25) is 5.76 Å². The van der Waals surface area contributed by atoms with Gasteiger partial charge in [-0.25, -0.2) is 9.18 Å². The molecule has 1 amide bonds. The molecule has 0 spiro atoms. The van der Waals surface area contributed by atoms with Crippen LogP contribution in [0.15, 0.2) is 59.0 Å². The van der Waals surface area contributed by atoms with E-state index >= 15 is 0 Å². The molecule has 0 atom stereocenters. The van der Waals surface area contributed by atoms with E-state index in [0.717, 1.165) is 11.1 Å². The Hall–Kier alpha value is -3.61. The number of halogens is 1. The third-order valence-electron chi connectivity index (χ3n) is 4.18. The van der Waals surface area contributed by atoms with Crippen molar-refractivity contribution in [3.05, 3.63) is 83.1 Å². The lowest BCUT2D eigenvalue weighted by Gasteiger charge is -2.08. The van der Waals surface area contributed by atoms with Crippen molar-refractivity contribution in [2.24, 2.45) is 0 Å². The van der Waals surface area contributed by atoms with E-state index in [0.29, 0.717) is 17.2 Å². The van der Waals surface area contributed by atoms with Crippen LogP contribution in [0.5, 0.6) is 5.75 Å². The lowest BCUT2D eigenvalue weighted by molar-refractivity contribution is -0.119. The Bertz CT molecular complexity index is 1010. The van der Waals surface area contributed by atoms with Gasteiger partial charge in [0.25, 0.3) is 5.91 Å². The van der Waals surface area contributed by atoms with Crippen molar-refractivity contribution in [3.63, 3.8) is 0 Å². The van der Waals surface area contributed by atoms with E-state index in [1.807, 2.05) is 26.0 Å². The van der Waals surface area contributed by atoms with E-state index < -0.39 is 18.5 Å². The Morgan fingerprint density at radius 3 is 2.48 bits per heavy atom. The number of carbonyl (C=O) groups is 2. The van der Waals surface area contributed by atoms with Crippen LogP contribution < -0.4 is 10.1 Å². The van der Waals surface area contributed by atoms with Gasteiger partial charge in [0.1, 0.15) is 23.9 Å². The van der Waals surface area contributed by atoms with Crippen molar-refractivity contribution in [2.75, 3.05) is 11.9 Å². The number of furan rings is 1. The Labute approximate surface area is 167 Å². The van der Waals surface area contributed by atoms with Crippen LogP contribution in [-0.4, -0.2) is 18.5 Å². The molecule has 0 saturated heterocycles. The Kier molecular flexibility index (Phi) is 6.29. The second-order valence-electron chi connectivity index (χ2n) is 6.43. The number of aryl methyl sites for hydroxylation is 2. The zero-order valence-electron chi connectivity index (χ0n) is 16.0. The topological polar surface area (TPSA) is 77.8 Å². The van der Waals surface area contributed by atoms with Gasteiger partial charge in [-0.1, -0.05) is 6.07 Å². The smallest absolute Gasteiger partial charge is 0.374 e. The number of carbonyl (C=O) groups excluding carboxylic acids is 2. The largest absolute Gasteiger partial charge is 0.486 e. The first-order valence-corrected chi connectivity index (χ1v) is 8.92. The summed E-state index contributed by atoms with van der Waals surface area (Å²) in [5, 5.41) is 2.67. The maximum atomic E-state index is 12.9. The predicted molar refractivity (Wildman–Crippen MR) is 104 cm³/mol. The molecule has 0 aliphatic rings. The number of hydrogen-bond acceptors (Lipinski definition) is 5. The van der Waals surface area contributed by atoms with Gasteiger partial charge in [-0.3, -0.25) is 4.79 Å². The molecule has 3 aromatic rings. The molecule has 150 valence electrons. The second-order valence-corrected chi connectivity index (χ2v) is 6.43. The van der Waals surface area contributed by atoms with Crippen molar-refractivity contribution < 1.29 is 27.9 Å². The fraction of sp³-hybridized carbons (Fsp3) is 0.182. The molecule has 0 unspecified atom stereocenters. The lowest BCUT2D eigenvalue weighted by atomic mass is 10.1. The average molecular weight is 397 g/mol. The first-order chi connectivity index (χ1) is 13.9. The van der Waals surface area contributed by atoms with E-state index in [-0.39, 0.29) is 18.2 Å². The summed E-state index contributed by atoms with van der Waals surface area (Å²) >= 11 is 0. The monoisotopic (exact) mass is 397 g/mol. The maximum Gasteiger partial charge on any atom is 0.374 e. The van der Waals surface area contributed by atoms with E-state index in [9.17, 15) is 14.0 Å². The summed E-state index contributed by atoms with van der Waals surface area (Å²) in [5.74, 6) is -0.749. The van der Waals surface area contributed by atoms with Crippen molar-refractivity contribution in [3.8, 4) is 5.75 Å². The number of amides is 1. The summed E-state index contributed by atoms with van der Waals surface area (Å²) in [6, 6.07) is 14.1. The molecule has 0 bridgehead atoms. The molecule has 1 aromatic heterocycles. The van der Waals surface area contributed by atoms with Crippen LogP contribution in [0.3, 0.4) is 0 Å². The van der Waals surface area contributed by atoms with Crippen LogP contribution in [0.25, 0.3) is 0 Å². The van der Waals surface area contributed by atoms with Crippen LogP contribution in [0, 0.1) is 19.7 Å². The summed E-state index contributed by atoms with van der Waals surface area (Å²) in [6.45, 7) is 3.55. The average Bonchev–Trinajstić information content (AvgIpc) is 3.18. The number of anilines is 1. The molecule has 1 heterocycles. The molecule has 0 aliphatic carbocycles. The quantitative estimate of drug-likeness (QED) is 0.598. The highest BCUT2D eigenvalue weighted by Crippen LogP contribution is 2.16. The fourth-order valence-electron chi connectivity index (χ4n) is 2.47. The van der Waals surface area contributed by atoms with Crippen molar-refractivity contribution in [2.45, 2.75) is 20.5 Å². The maximum absolute atomic E-state index is 12.9. The third-order valence-corrected chi connectivity index (χ3v) is 4.18. The Balaban J connectivity index is 1.47. The number of hydrogen-bond donors (Lipinski definition) is 1. The summed E-state index contributed by atoms with van der Waals surface area (Å²) < 4.78 is 28.7. The standard InChI is InChI=1S/C22H20FNO5/c1-14-3-6-17(11-15(14)2)24-21(25)13-28-22(26)20-10-9-19(29-20)12-27-18-7-4-16(23)5-8-18/h3-11H,12-13H2,1-2H3,(H,24,25). The normalized spacial score (nSPS) is 10.4. The van der Waals surface area contributed by atoms with Crippen LogP contribution >= 0.6 is 0 Å². The molecule has 7 heteroatoms. The van der Waals surface area contributed by atoms with Gasteiger partial charge in [0, 0.05) is 5.69 Å². The Morgan fingerprint density at radius 2 is 1.76 bits per heavy atom. The van der Waals surface area contributed by atoms with Gasteiger partial charge in [-0.2, -0.15) is 0 Å². The molecule has 0 aliphatic heterocycles. The first kappa shape index (κ1) is 20.1. The first-order valence-electron chi connectivity index (χ1n) is 8.92. The van der Waals surface area contributed by atoms with Gasteiger partial charge in [-0.05, 0) is 73.5 Å². The highest BCUT2D eigenvalue weighted by molar-refractivity contribution is 5.94. The van der Waals surface area contributed by atoms with Crippen molar-refractivity contribution >= 4 is 17.6 Å². The lowest BCUT2D eigenvalue weighted by Crippen LogP contribution is -2.20. The molecule has 3 rings (SSSR count). The number of ether oxygens (including phenoxy) is 2. The zero-order valence-corrected chi connectivity index (χ0v) is 16.0. The van der Waals surface area contributed by atoms with Crippen LogP contribution in [0.4, 0.5) is 10.1 Å². The number of benzene rings is 2. The summed E-state index contributed by atoms with van der Waals surface area (Å²) in [7, 11) is 0. The number of esters is 1. The fourth-order valence-corrected chi connectivity index (χ4v) is 2.47. The third kappa shape index (κ3) is 5.68. The molecule has 2 aromatic carbocycles. The number of nitrogens with one attached hydrogen (secondary N) is 1. The molecule has 29 heavy (non-hydrogen) atoms. The summed E-state index contributed by atoms with van der Waals surface area (Å²) in [6.07, 6.45) is 0.